The predicted octanol–water partition coefficient (Wildman–Crippen LogP) is 19.0. The van der Waals surface area contributed by atoms with Gasteiger partial charge in [0.25, 0.3) is 0 Å². The smallest absolute Gasteiger partial charge is 0.468 e. The van der Waals surface area contributed by atoms with Gasteiger partial charge in [0.05, 0.1) is 0 Å². The van der Waals surface area contributed by atoms with Gasteiger partial charge in [-0.05, 0) is 219 Å². The molecule has 0 heterocycles. The molecule has 0 saturated carbocycles. The van der Waals surface area contributed by atoms with E-state index >= 15 is 0 Å². The van der Waals surface area contributed by atoms with E-state index in [4.69, 9.17) is 5.32 Å². The van der Waals surface area contributed by atoms with Gasteiger partial charge in [0, 0.05) is 18.8 Å². The molecule has 18 nitrogen and oxygen atoms in total. The Morgan fingerprint density at radius 2 is 0.576 bits per heavy atom. The molecule has 0 aliphatic carbocycles. The van der Waals surface area contributed by atoms with Crippen LogP contribution in [0.2, 0.25) is 0 Å². The average molecular weight is 1700 g/mol. The Kier molecular flexibility index (Phi) is 87.9. The second kappa shape index (κ2) is 69.4. The molecule has 0 aromatic heterocycles. The first-order valence-corrected chi connectivity index (χ1v) is 36.2. The number of amidine groups is 6. The van der Waals surface area contributed by atoms with Crippen LogP contribution < -0.4 is 0 Å². The quantitative estimate of drug-likeness (QED) is 0.0408. The van der Waals surface area contributed by atoms with Crippen molar-refractivity contribution < 1.29 is 102 Å². The van der Waals surface area contributed by atoms with Crippen molar-refractivity contribution >= 4 is 35.0 Å². The number of nitrogens with zero attached hydrogens (tertiary/aromatic N) is 18. The van der Waals surface area contributed by atoms with Gasteiger partial charge in [0.15, 0.2) is 0 Å². The van der Waals surface area contributed by atoms with Crippen LogP contribution >= 0.6 is 0 Å². The maximum atomic E-state index is 4.72. The molecule has 0 amide bonds. The van der Waals surface area contributed by atoms with Crippen LogP contribution in [-0.4, -0.2) is 249 Å². The third kappa shape index (κ3) is 91.8. The maximum absolute atomic E-state index is 4.72. The SMILES string of the molecule is CCC(=NC(C)(C)C)[N-]C(C)CN(C)C.CCC(=NC(C)(C)C)[N-]C(C)CN(CC)CC.CCC(=NC(C)(C)C)[N-]CC(C)N(C)C.CCC(=NC(C)(C)C)[N-]CC(C)N(CC)CC.CCC(=NC(C)(C)C)[N-]CCN(C)C.CCC(=NC(C)(C)C)[N-]CN(CC)CC.[Cu+].[Cu+].[Cu+].[Cu+].[Cu+].[Cu+]. The Bertz CT molecular complexity index is 1930. The molecule has 0 saturated heterocycles. The molecular weight excluding hydrogens is 1530 g/mol. The Hall–Kier alpha value is -0.303. The number of rotatable bonds is 29. The van der Waals surface area contributed by atoms with Crippen LogP contribution in [0.5, 0.6) is 0 Å². The molecule has 0 bridgehead atoms. The summed E-state index contributed by atoms with van der Waals surface area (Å²) in [7, 11) is 12.4. The zero-order valence-corrected chi connectivity index (χ0v) is 77.3. The predicted molar refractivity (Wildman–Crippen MR) is 427 cm³/mol. The van der Waals surface area contributed by atoms with Crippen molar-refractivity contribution in [2.24, 2.45) is 30.0 Å². The van der Waals surface area contributed by atoms with Crippen LogP contribution in [-0.2, 0) is 102 Å². The summed E-state index contributed by atoms with van der Waals surface area (Å²) >= 11 is 0. The van der Waals surface area contributed by atoms with Gasteiger partial charge in [0.2, 0.25) is 0 Å². The third-order valence-electron chi connectivity index (χ3n) is 13.1. The van der Waals surface area contributed by atoms with Gasteiger partial charge in [-0.3, -0.25) is 0 Å². The summed E-state index contributed by atoms with van der Waals surface area (Å²) in [6.07, 6.45) is 5.50. The molecule has 0 N–H and O–H groups in total. The molecule has 0 fully saturated rings. The average Bonchev–Trinajstić information content (AvgIpc) is 0.972. The zero-order chi connectivity index (χ0) is 74.2. The van der Waals surface area contributed by atoms with E-state index in [-0.39, 0.29) is 136 Å². The Balaban J connectivity index is -0.0000000908. The molecule has 0 rings (SSSR count). The van der Waals surface area contributed by atoms with Crippen LogP contribution in [0.1, 0.15) is 274 Å². The number of hydrogen-bond acceptors (Lipinski definition) is 12. The van der Waals surface area contributed by atoms with Gasteiger partial charge in [-0.1, -0.05) is 257 Å². The van der Waals surface area contributed by atoms with E-state index in [1.165, 1.54) is 0 Å². The van der Waals surface area contributed by atoms with Crippen molar-refractivity contribution in [3.05, 3.63) is 31.9 Å². The topological polar surface area (TPSA) is 178 Å². The van der Waals surface area contributed by atoms with Crippen molar-refractivity contribution in [1.29, 1.82) is 0 Å². The first-order valence-electron chi connectivity index (χ1n) is 36.2. The molecule has 4 unspecified atom stereocenters. The molecule has 99 heavy (non-hydrogen) atoms. The fraction of sp³-hybridized carbons (Fsp3) is 0.920. The first-order chi connectivity index (χ1) is 42.4. The fourth-order valence-corrected chi connectivity index (χ4v) is 8.19. The van der Waals surface area contributed by atoms with E-state index in [1.807, 2.05) is 0 Å². The summed E-state index contributed by atoms with van der Waals surface area (Å²) in [4.78, 5) is 41.2. The van der Waals surface area contributed by atoms with Crippen molar-refractivity contribution in [3.63, 3.8) is 0 Å². The van der Waals surface area contributed by atoms with E-state index in [2.05, 4.69) is 364 Å². The number of hydrogen-bond donors (Lipinski definition) is 0. The van der Waals surface area contributed by atoms with Crippen LogP contribution in [0.4, 0.5) is 0 Å². The Morgan fingerprint density at radius 1 is 0.313 bits per heavy atom. The summed E-state index contributed by atoms with van der Waals surface area (Å²) in [5.41, 5.74) is -0.106. The normalized spacial score (nSPS) is 13.9. The summed E-state index contributed by atoms with van der Waals surface area (Å²) in [5, 5.41) is 27.6. The van der Waals surface area contributed by atoms with Crippen LogP contribution in [0.3, 0.4) is 0 Å². The van der Waals surface area contributed by atoms with Crippen LogP contribution in [0.15, 0.2) is 30.0 Å². The molecule has 0 aliphatic rings. The van der Waals surface area contributed by atoms with E-state index in [0.29, 0.717) is 24.2 Å². The van der Waals surface area contributed by atoms with E-state index in [0.717, 1.165) is 159 Å². The van der Waals surface area contributed by atoms with Crippen molar-refractivity contribution in [2.75, 3.05) is 127 Å². The van der Waals surface area contributed by atoms with Crippen LogP contribution in [0, 0.1) is 0 Å². The van der Waals surface area contributed by atoms with Gasteiger partial charge in [-0.25, -0.2) is 0 Å². The van der Waals surface area contributed by atoms with Crippen LogP contribution in [0.25, 0.3) is 31.9 Å². The molecule has 0 spiro atoms. The monoisotopic (exact) mass is 1690 g/mol. The fourth-order valence-electron chi connectivity index (χ4n) is 8.19. The van der Waals surface area contributed by atoms with Gasteiger partial charge in [0.1, 0.15) is 0 Å². The van der Waals surface area contributed by atoms with E-state index in [9.17, 15) is 0 Å². The molecule has 618 valence electrons. The molecule has 0 aromatic carbocycles. The van der Waals surface area contributed by atoms with E-state index < -0.39 is 0 Å². The van der Waals surface area contributed by atoms with Crippen molar-refractivity contribution in [3.8, 4) is 0 Å². The van der Waals surface area contributed by atoms with Crippen molar-refractivity contribution in [1.82, 2.24) is 29.4 Å². The second-order valence-electron chi connectivity index (χ2n) is 30.9. The van der Waals surface area contributed by atoms with Gasteiger partial charge in [-0.2, -0.15) is 0 Å². The summed E-state index contributed by atoms with van der Waals surface area (Å²) in [6, 6.07) is 1.63. The molecule has 4 atom stereocenters. The Morgan fingerprint density at radius 3 is 0.818 bits per heavy atom. The Labute approximate surface area is 682 Å². The standard InChI is InChI=1S/2C14H30N3.3C12H26N3.C11H24N3.6Cu/c1-8-13(16-14(5,6)7)15-12(4)11-17(9-2)10-3;1-8-13(16-14(5,6)7)15-11-12(4)17(9-2)10-3;1-8-11(14-12(3,4)5)13-10(2)9-15(6)7;1-8-11(14-12(3,4)5)13-9-10(2)15(6)7;1-7-11(14-12(4,5)6)13-10-15(8-2)9-3;1-7-10(13-11(2,3)4)12-8-9-14(5)6;;;;;;/h2*12H,8-11H2,1-7H3;2*10H,8-9H2,1-7H3;7-10H2,1-6H3;7-9H2,1-6H3;;;;;;/q6*-1;6*+1. The molecular formula is C75H162Cu6N18. The minimum atomic E-state index is -0.0240. The largest absolute Gasteiger partial charge is 1.00 e. The summed E-state index contributed by atoms with van der Waals surface area (Å²) in [5.74, 6) is 5.93. The minimum absolute atomic E-state index is 0. The van der Waals surface area contributed by atoms with Gasteiger partial charge < -0.3 is 91.3 Å². The van der Waals surface area contributed by atoms with E-state index in [1.54, 1.807) is 0 Å². The first kappa shape index (κ1) is 125. The number of aliphatic imine (C=N–C) groups is 6. The van der Waals surface area contributed by atoms with Gasteiger partial charge in [-0.15, -0.1) is 0 Å². The zero-order valence-electron chi connectivity index (χ0n) is 71.6. The van der Waals surface area contributed by atoms with Gasteiger partial charge >= 0.3 is 102 Å². The maximum Gasteiger partial charge on any atom is 1.00 e. The molecule has 24 heteroatoms. The second-order valence-corrected chi connectivity index (χ2v) is 30.9. The third-order valence-corrected chi connectivity index (χ3v) is 13.1. The minimum Gasteiger partial charge on any atom is -0.468 e. The van der Waals surface area contributed by atoms with Crippen molar-refractivity contribution in [2.45, 2.75) is 331 Å². The number of likely N-dealkylation sites (N-methyl/N-ethyl adjacent to an activating group) is 5. The molecule has 0 aromatic rings. The summed E-state index contributed by atoms with van der Waals surface area (Å²) in [6.45, 7) is 85.2. The summed E-state index contributed by atoms with van der Waals surface area (Å²) < 4.78 is 0. The molecule has 0 aliphatic heterocycles. The molecule has 0 radical (unpaired) electrons.